The standard InChI is InChI=1S/C22H24N4O2S/c1-16-23-19(15-29-16)17-5-4-6-18(13-17)24-22(28)14-25-9-11-26(12-10-25)20-7-2-3-8-21(20)27/h2-8,13,15,27H,9-12,14H2,1H3,(H,24,28). The minimum Gasteiger partial charge on any atom is -0.506 e. The number of rotatable bonds is 5. The maximum absolute atomic E-state index is 12.5. The van der Waals surface area contributed by atoms with E-state index in [4.69, 9.17) is 0 Å². The Morgan fingerprint density at radius 2 is 1.93 bits per heavy atom. The number of phenols is 1. The quantitative estimate of drug-likeness (QED) is 0.675. The van der Waals surface area contributed by atoms with Gasteiger partial charge in [-0.05, 0) is 31.2 Å². The minimum atomic E-state index is -0.0207. The number of phenolic OH excluding ortho intramolecular Hbond substituents is 1. The first-order valence-electron chi connectivity index (χ1n) is 9.66. The molecular formula is C22H24N4O2S. The Morgan fingerprint density at radius 3 is 2.66 bits per heavy atom. The normalized spacial score (nSPS) is 14.7. The highest BCUT2D eigenvalue weighted by molar-refractivity contribution is 7.09. The van der Waals surface area contributed by atoms with Gasteiger partial charge >= 0.3 is 0 Å². The lowest BCUT2D eigenvalue weighted by Gasteiger charge is -2.35. The molecule has 1 saturated heterocycles. The molecule has 0 bridgehead atoms. The second-order valence-corrected chi connectivity index (χ2v) is 8.19. The van der Waals surface area contributed by atoms with Crippen molar-refractivity contribution in [2.24, 2.45) is 0 Å². The number of anilines is 2. The first-order valence-corrected chi connectivity index (χ1v) is 10.5. The molecule has 3 aromatic rings. The number of nitrogens with one attached hydrogen (secondary N) is 1. The summed E-state index contributed by atoms with van der Waals surface area (Å²) in [6.07, 6.45) is 0. The fourth-order valence-corrected chi connectivity index (χ4v) is 4.16. The lowest BCUT2D eigenvalue weighted by molar-refractivity contribution is -0.117. The Labute approximate surface area is 174 Å². The number of benzene rings is 2. The van der Waals surface area contributed by atoms with Crippen LogP contribution in [0.5, 0.6) is 5.75 Å². The summed E-state index contributed by atoms with van der Waals surface area (Å²) in [5.41, 5.74) is 3.57. The summed E-state index contributed by atoms with van der Waals surface area (Å²) < 4.78 is 0. The summed E-state index contributed by atoms with van der Waals surface area (Å²) in [4.78, 5) is 21.3. The van der Waals surface area contributed by atoms with Crippen LogP contribution in [0.25, 0.3) is 11.3 Å². The number of piperazine rings is 1. The maximum atomic E-state index is 12.5. The second kappa shape index (κ2) is 8.63. The Kier molecular flexibility index (Phi) is 5.78. The maximum Gasteiger partial charge on any atom is 0.238 e. The summed E-state index contributed by atoms with van der Waals surface area (Å²) in [6.45, 7) is 5.46. The molecule has 2 heterocycles. The summed E-state index contributed by atoms with van der Waals surface area (Å²) in [5, 5.41) is 16.1. The Morgan fingerprint density at radius 1 is 1.14 bits per heavy atom. The largest absolute Gasteiger partial charge is 0.506 e. The van der Waals surface area contributed by atoms with Gasteiger partial charge in [0.1, 0.15) is 5.75 Å². The predicted octanol–water partition coefficient (Wildman–Crippen LogP) is 3.58. The lowest BCUT2D eigenvalue weighted by atomic mass is 10.1. The van der Waals surface area contributed by atoms with Gasteiger partial charge in [-0.1, -0.05) is 24.3 Å². The average molecular weight is 409 g/mol. The first kappa shape index (κ1) is 19.4. The molecule has 1 amide bonds. The topological polar surface area (TPSA) is 68.7 Å². The molecule has 4 rings (SSSR count). The van der Waals surface area contributed by atoms with Crippen molar-refractivity contribution in [3.05, 3.63) is 58.9 Å². The Balaban J connectivity index is 1.31. The molecule has 0 radical (unpaired) electrons. The van der Waals surface area contributed by atoms with Gasteiger partial charge in [0.05, 0.1) is 22.9 Å². The molecule has 0 aliphatic carbocycles. The van der Waals surface area contributed by atoms with Gasteiger partial charge in [0.2, 0.25) is 5.91 Å². The van der Waals surface area contributed by atoms with Crippen LogP contribution in [-0.4, -0.2) is 53.6 Å². The number of carbonyl (C=O) groups excluding carboxylic acids is 1. The molecule has 150 valence electrons. The number of hydrogen-bond donors (Lipinski definition) is 2. The zero-order valence-corrected chi connectivity index (χ0v) is 17.2. The van der Waals surface area contributed by atoms with Crippen molar-refractivity contribution in [3.8, 4) is 17.0 Å². The monoisotopic (exact) mass is 408 g/mol. The van der Waals surface area contributed by atoms with Crippen LogP contribution in [0.3, 0.4) is 0 Å². The van der Waals surface area contributed by atoms with Gasteiger partial charge in [0.15, 0.2) is 0 Å². The van der Waals surface area contributed by atoms with Gasteiger partial charge in [0, 0.05) is 42.8 Å². The van der Waals surface area contributed by atoms with Gasteiger partial charge in [-0.2, -0.15) is 0 Å². The van der Waals surface area contributed by atoms with E-state index >= 15 is 0 Å². The van der Waals surface area contributed by atoms with E-state index in [2.05, 4.69) is 20.1 Å². The number of aromatic nitrogens is 1. The van der Waals surface area contributed by atoms with E-state index in [9.17, 15) is 9.90 Å². The van der Waals surface area contributed by atoms with Crippen molar-refractivity contribution < 1.29 is 9.90 Å². The fourth-order valence-electron chi connectivity index (χ4n) is 3.53. The number of amides is 1. The van der Waals surface area contributed by atoms with Crippen LogP contribution >= 0.6 is 11.3 Å². The smallest absolute Gasteiger partial charge is 0.238 e. The summed E-state index contributed by atoms with van der Waals surface area (Å²) >= 11 is 1.62. The van der Waals surface area contributed by atoms with E-state index < -0.39 is 0 Å². The van der Waals surface area contributed by atoms with E-state index in [1.54, 1.807) is 17.4 Å². The van der Waals surface area contributed by atoms with E-state index in [1.165, 1.54) is 0 Å². The Bertz CT molecular complexity index is 996. The molecule has 0 unspecified atom stereocenters. The van der Waals surface area contributed by atoms with E-state index in [1.807, 2.05) is 54.8 Å². The number of aryl methyl sites for hydroxylation is 1. The summed E-state index contributed by atoms with van der Waals surface area (Å²) in [7, 11) is 0. The van der Waals surface area contributed by atoms with Crippen LogP contribution in [0.1, 0.15) is 5.01 Å². The summed E-state index contributed by atoms with van der Waals surface area (Å²) in [6, 6.07) is 15.2. The molecule has 29 heavy (non-hydrogen) atoms. The van der Waals surface area contributed by atoms with Gasteiger partial charge in [-0.15, -0.1) is 11.3 Å². The summed E-state index contributed by atoms with van der Waals surface area (Å²) in [5.74, 6) is 0.279. The van der Waals surface area contributed by atoms with Crippen LogP contribution in [0, 0.1) is 6.92 Å². The van der Waals surface area contributed by atoms with Gasteiger partial charge in [-0.3, -0.25) is 9.69 Å². The molecule has 1 aromatic heterocycles. The first-order chi connectivity index (χ1) is 14.1. The molecule has 7 heteroatoms. The van der Waals surface area contributed by atoms with E-state index in [-0.39, 0.29) is 5.91 Å². The highest BCUT2D eigenvalue weighted by Gasteiger charge is 2.20. The molecular weight excluding hydrogens is 384 g/mol. The van der Waals surface area contributed by atoms with E-state index in [0.717, 1.165) is 53.8 Å². The molecule has 2 N–H and O–H groups in total. The van der Waals surface area contributed by atoms with Crippen LogP contribution < -0.4 is 10.2 Å². The highest BCUT2D eigenvalue weighted by Crippen LogP contribution is 2.27. The third-order valence-electron chi connectivity index (χ3n) is 5.02. The number of carbonyl (C=O) groups is 1. The van der Waals surface area contributed by atoms with Crippen molar-refractivity contribution in [1.29, 1.82) is 0 Å². The minimum absolute atomic E-state index is 0.0207. The predicted molar refractivity (Wildman–Crippen MR) is 118 cm³/mol. The third-order valence-corrected chi connectivity index (χ3v) is 5.80. The third kappa shape index (κ3) is 4.75. The van der Waals surface area contributed by atoms with Gasteiger partial charge in [-0.25, -0.2) is 4.98 Å². The highest BCUT2D eigenvalue weighted by atomic mass is 32.1. The number of aromatic hydroxyl groups is 1. The molecule has 0 saturated carbocycles. The second-order valence-electron chi connectivity index (χ2n) is 7.13. The number of thiazole rings is 1. The van der Waals surface area contributed by atoms with Gasteiger partial charge in [0.25, 0.3) is 0 Å². The van der Waals surface area contributed by atoms with Gasteiger partial charge < -0.3 is 15.3 Å². The van der Waals surface area contributed by atoms with Crippen LogP contribution in [0.4, 0.5) is 11.4 Å². The van der Waals surface area contributed by atoms with Crippen LogP contribution in [0.15, 0.2) is 53.9 Å². The molecule has 1 aliphatic heterocycles. The lowest BCUT2D eigenvalue weighted by Crippen LogP contribution is -2.48. The number of para-hydroxylation sites is 2. The SMILES string of the molecule is Cc1nc(-c2cccc(NC(=O)CN3CCN(c4ccccc4O)CC3)c2)cs1. The van der Waals surface area contributed by atoms with Crippen molar-refractivity contribution in [1.82, 2.24) is 9.88 Å². The molecule has 0 atom stereocenters. The van der Waals surface area contributed by atoms with Crippen molar-refractivity contribution in [2.45, 2.75) is 6.92 Å². The molecule has 6 nitrogen and oxygen atoms in total. The van der Waals surface area contributed by atoms with Crippen LogP contribution in [-0.2, 0) is 4.79 Å². The Hall–Kier alpha value is -2.90. The van der Waals surface area contributed by atoms with Crippen molar-refractivity contribution in [3.63, 3.8) is 0 Å². The number of hydrogen-bond acceptors (Lipinski definition) is 6. The molecule has 1 fully saturated rings. The molecule has 1 aliphatic rings. The molecule has 0 spiro atoms. The molecule has 2 aromatic carbocycles. The average Bonchev–Trinajstić information content (AvgIpc) is 3.16. The fraction of sp³-hybridized carbons (Fsp3) is 0.273. The zero-order valence-electron chi connectivity index (χ0n) is 16.3. The van der Waals surface area contributed by atoms with E-state index in [0.29, 0.717) is 12.3 Å². The van der Waals surface area contributed by atoms with Crippen LogP contribution in [0.2, 0.25) is 0 Å². The van der Waals surface area contributed by atoms with Crippen molar-refractivity contribution in [2.75, 3.05) is 42.9 Å². The zero-order chi connectivity index (χ0) is 20.2. The van der Waals surface area contributed by atoms with Crippen molar-refractivity contribution >= 4 is 28.6 Å². The number of nitrogens with zero attached hydrogens (tertiary/aromatic N) is 3.